The third-order valence-corrected chi connectivity index (χ3v) is 4.67. The Morgan fingerprint density at radius 1 is 1.26 bits per heavy atom. The normalized spacial score (nSPS) is 16.4. The van der Waals surface area contributed by atoms with Crippen LogP contribution in [0.25, 0.3) is 6.08 Å². The number of nitrogens with one attached hydrogen (secondary N) is 1. The predicted octanol–water partition coefficient (Wildman–Crippen LogP) is 2.51. The van der Waals surface area contributed by atoms with Crippen molar-refractivity contribution in [3.05, 3.63) is 53.7 Å². The molecule has 27 heavy (non-hydrogen) atoms. The van der Waals surface area contributed by atoms with Gasteiger partial charge in [-0.1, -0.05) is 35.5 Å². The number of hydrogen-bond acceptors (Lipinski definition) is 5. The first-order valence-corrected chi connectivity index (χ1v) is 9.15. The highest BCUT2D eigenvalue weighted by atomic mass is 16.5. The molecule has 1 fully saturated rings. The number of hydrogen-bond donors (Lipinski definition) is 1. The van der Waals surface area contributed by atoms with Gasteiger partial charge in [0.2, 0.25) is 17.7 Å². The highest BCUT2D eigenvalue weighted by molar-refractivity contribution is 5.92. The van der Waals surface area contributed by atoms with Gasteiger partial charge in [-0.25, -0.2) is 0 Å². The van der Waals surface area contributed by atoms with Gasteiger partial charge in [0, 0.05) is 25.1 Å². The molecule has 1 unspecified atom stereocenters. The second-order valence-corrected chi connectivity index (χ2v) is 6.75. The minimum atomic E-state index is -0.327. The number of rotatable bonds is 5. The van der Waals surface area contributed by atoms with Crippen LogP contribution in [-0.4, -0.2) is 39.9 Å². The van der Waals surface area contributed by atoms with E-state index in [1.54, 1.807) is 17.9 Å². The summed E-state index contributed by atoms with van der Waals surface area (Å²) in [7, 11) is 0. The molecule has 1 N–H and O–H groups in total. The minimum Gasteiger partial charge on any atom is -0.344 e. The van der Waals surface area contributed by atoms with Crippen molar-refractivity contribution in [2.45, 2.75) is 32.7 Å². The lowest BCUT2D eigenvalue weighted by Crippen LogP contribution is -2.43. The van der Waals surface area contributed by atoms with E-state index in [2.05, 4.69) is 15.5 Å². The molecule has 2 heterocycles. The largest absolute Gasteiger partial charge is 0.344 e. The molecule has 7 heteroatoms. The maximum Gasteiger partial charge on any atom is 0.248 e. The van der Waals surface area contributed by atoms with Gasteiger partial charge in [0.15, 0.2) is 5.82 Å². The Hall–Kier alpha value is -2.96. The van der Waals surface area contributed by atoms with Crippen LogP contribution in [0.1, 0.15) is 43.1 Å². The van der Waals surface area contributed by atoms with Crippen molar-refractivity contribution < 1.29 is 14.1 Å². The van der Waals surface area contributed by atoms with Gasteiger partial charge < -0.3 is 14.7 Å². The van der Waals surface area contributed by atoms with Crippen LogP contribution in [-0.2, 0) is 9.59 Å². The lowest BCUT2D eigenvalue weighted by Gasteiger charge is -2.31. The average molecular weight is 368 g/mol. The molecule has 0 radical (unpaired) electrons. The number of nitrogens with zero attached hydrogens (tertiary/aromatic N) is 3. The third-order valence-electron chi connectivity index (χ3n) is 4.67. The van der Waals surface area contributed by atoms with E-state index in [0.29, 0.717) is 37.6 Å². The van der Waals surface area contributed by atoms with Crippen molar-refractivity contribution in [3.8, 4) is 0 Å². The summed E-state index contributed by atoms with van der Waals surface area (Å²) in [5.41, 5.74) is 0.991. The van der Waals surface area contributed by atoms with E-state index in [1.807, 2.05) is 43.3 Å². The molecule has 3 rings (SSSR count). The second kappa shape index (κ2) is 8.62. The standard InChI is InChI=1S/C20H24N4O3/c1-14(20-22-15(2)23-27-20)21-19(26)17-10-12-24(13-11-17)18(25)9-8-16-6-4-3-5-7-16/h3-9,14,17H,10-13H2,1-2H3,(H,21,26)/b9-8+. The molecule has 0 aliphatic carbocycles. The van der Waals surface area contributed by atoms with Crippen LogP contribution in [0.3, 0.4) is 0 Å². The molecule has 7 nitrogen and oxygen atoms in total. The van der Waals surface area contributed by atoms with Crippen molar-refractivity contribution in [2.75, 3.05) is 13.1 Å². The minimum absolute atomic E-state index is 0.0209. The first-order chi connectivity index (χ1) is 13.0. The van der Waals surface area contributed by atoms with Crippen molar-refractivity contribution in [3.63, 3.8) is 0 Å². The molecule has 0 spiro atoms. The zero-order valence-electron chi connectivity index (χ0n) is 15.6. The maximum atomic E-state index is 12.5. The first-order valence-electron chi connectivity index (χ1n) is 9.15. The number of carbonyl (C=O) groups is 2. The fourth-order valence-electron chi connectivity index (χ4n) is 3.08. The summed E-state index contributed by atoms with van der Waals surface area (Å²) in [6, 6.07) is 9.39. The van der Waals surface area contributed by atoms with E-state index in [1.165, 1.54) is 0 Å². The van der Waals surface area contributed by atoms with Crippen molar-refractivity contribution in [1.82, 2.24) is 20.4 Å². The number of amides is 2. The van der Waals surface area contributed by atoms with E-state index in [4.69, 9.17) is 4.52 Å². The van der Waals surface area contributed by atoms with Crippen LogP contribution < -0.4 is 5.32 Å². The number of aromatic nitrogens is 2. The van der Waals surface area contributed by atoms with Gasteiger partial charge in [0.05, 0.1) is 0 Å². The quantitative estimate of drug-likeness (QED) is 0.819. The number of benzene rings is 1. The Balaban J connectivity index is 1.47. The van der Waals surface area contributed by atoms with E-state index >= 15 is 0 Å². The van der Waals surface area contributed by atoms with Gasteiger partial charge >= 0.3 is 0 Å². The van der Waals surface area contributed by atoms with E-state index in [9.17, 15) is 9.59 Å². The number of likely N-dealkylation sites (tertiary alicyclic amines) is 1. The van der Waals surface area contributed by atoms with E-state index < -0.39 is 0 Å². The fourth-order valence-corrected chi connectivity index (χ4v) is 3.08. The van der Waals surface area contributed by atoms with Crippen LogP contribution in [0.15, 0.2) is 40.9 Å². The van der Waals surface area contributed by atoms with Crippen molar-refractivity contribution in [1.29, 1.82) is 0 Å². The van der Waals surface area contributed by atoms with Gasteiger partial charge in [-0.15, -0.1) is 0 Å². The average Bonchev–Trinajstić information content (AvgIpc) is 3.13. The molecule has 1 aromatic heterocycles. The number of carbonyl (C=O) groups excluding carboxylic acids is 2. The molecular formula is C20H24N4O3. The van der Waals surface area contributed by atoms with E-state index in [-0.39, 0.29) is 23.8 Å². The Morgan fingerprint density at radius 2 is 1.96 bits per heavy atom. The van der Waals surface area contributed by atoms with Crippen molar-refractivity contribution in [2.24, 2.45) is 5.92 Å². The van der Waals surface area contributed by atoms with E-state index in [0.717, 1.165) is 5.56 Å². The third kappa shape index (κ3) is 5.03. The Kier molecular flexibility index (Phi) is 6.01. The SMILES string of the molecule is Cc1noc(C(C)NC(=O)C2CCN(C(=O)/C=C/c3ccccc3)CC2)n1. The summed E-state index contributed by atoms with van der Waals surface area (Å²) < 4.78 is 5.09. The van der Waals surface area contributed by atoms with Gasteiger partial charge in [-0.05, 0) is 38.3 Å². The van der Waals surface area contributed by atoms with Crippen LogP contribution in [0, 0.1) is 12.8 Å². The molecule has 1 saturated heterocycles. The second-order valence-electron chi connectivity index (χ2n) is 6.75. The summed E-state index contributed by atoms with van der Waals surface area (Å²) >= 11 is 0. The molecule has 0 bridgehead atoms. The Bertz CT molecular complexity index is 808. The molecular weight excluding hydrogens is 344 g/mol. The summed E-state index contributed by atoms with van der Waals surface area (Å²) in [6.45, 7) is 4.70. The van der Waals surface area contributed by atoms with Gasteiger partial charge in [0.25, 0.3) is 0 Å². The van der Waals surface area contributed by atoms with Crippen LogP contribution in [0.5, 0.6) is 0 Å². The summed E-state index contributed by atoms with van der Waals surface area (Å²) in [5, 5.41) is 6.66. The van der Waals surface area contributed by atoms with Gasteiger partial charge in [0.1, 0.15) is 6.04 Å². The monoisotopic (exact) mass is 368 g/mol. The first kappa shape index (κ1) is 18.8. The maximum absolute atomic E-state index is 12.5. The molecule has 2 aromatic rings. The highest BCUT2D eigenvalue weighted by Crippen LogP contribution is 2.20. The smallest absolute Gasteiger partial charge is 0.248 e. The fraction of sp³-hybridized carbons (Fsp3) is 0.400. The molecule has 1 atom stereocenters. The summed E-state index contributed by atoms with van der Waals surface area (Å²) in [4.78, 5) is 30.7. The topological polar surface area (TPSA) is 88.3 Å². The van der Waals surface area contributed by atoms with Crippen LogP contribution >= 0.6 is 0 Å². The molecule has 1 aliphatic rings. The highest BCUT2D eigenvalue weighted by Gasteiger charge is 2.28. The van der Waals surface area contributed by atoms with Crippen LogP contribution in [0.4, 0.5) is 0 Å². The predicted molar refractivity (Wildman–Crippen MR) is 100 cm³/mol. The molecule has 142 valence electrons. The summed E-state index contributed by atoms with van der Waals surface area (Å²) in [5.74, 6) is 0.775. The molecule has 1 aromatic carbocycles. The summed E-state index contributed by atoms with van der Waals surface area (Å²) in [6.07, 6.45) is 4.70. The number of piperidine rings is 1. The zero-order chi connectivity index (χ0) is 19.2. The molecule has 1 aliphatic heterocycles. The van der Waals surface area contributed by atoms with Gasteiger partial charge in [-0.2, -0.15) is 4.98 Å². The van der Waals surface area contributed by atoms with Gasteiger partial charge in [-0.3, -0.25) is 9.59 Å². The molecule has 2 amide bonds. The van der Waals surface area contributed by atoms with Crippen LogP contribution in [0.2, 0.25) is 0 Å². The van der Waals surface area contributed by atoms with Crippen molar-refractivity contribution >= 4 is 17.9 Å². The Labute approximate surface area is 158 Å². The lowest BCUT2D eigenvalue weighted by molar-refractivity contribution is -0.132. The Morgan fingerprint density at radius 3 is 2.59 bits per heavy atom. The number of aryl methyl sites for hydroxylation is 1. The zero-order valence-corrected chi connectivity index (χ0v) is 15.6. The lowest BCUT2D eigenvalue weighted by atomic mass is 9.95. The molecule has 0 saturated carbocycles.